The van der Waals surface area contributed by atoms with Crippen LogP contribution in [-0.2, 0) is 19.1 Å². The maximum absolute atomic E-state index is 13.1. The Morgan fingerprint density at radius 3 is 2.25 bits per heavy atom. The van der Waals surface area contributed by atoms with Crippen LogP contribution in [-0.4, -0.2) is 36.9 Å². The molecule has 3 fully saturated rings. The average Bonchev–Trinajstić information content (AvgIpc) is 3.46. The summed E-state index contributed by atoms with van der Waals surface area (Å²) in [5.74, 6) is -1.45. The van der Waals surface area contributed by atoms with Gasteiger partial charge >= 0.3 is 5.97 Å². The van der Waals surface area contributed by atoms with Crippen LogP contribution >= 0.6 is 11.3 Å². The highest BCUT2D eigenvalue weighted by atomic mass is 32.1. The number of ketones is 2. The number of hydrogen-bond donors (Lipinski definition) is 0. The number of carbonyl (C=O) groups excluding carboxylic acids is 3. The fourth-order valence-corrected chi connectivity index (χ4v) is 6.11. The van der Waals surface area contributed by atoms with E-state index in [1.54, 1.807) is 23.5 Å². The number of benzene rings is 1. The Morgan fingerprint density at radius 2 is 1.68 bits per heavy atom. The molecule has 1 aromatic carbocycles. The van der Waals surface area contributed by atoms with Gasteiger partial charge in [-0.3, -0.25) is 9.59 Å². The van der Waals surface area contributed by atoms with Crippen LogP contribution in [0.15, 0.2) is 30.3 Å². The van der Waals surface area contributed by atoms with Gasteiger partial charge in [0.15, 0.2) is 11.6 Å². The molecule has 2 bridgehead atoms. The van der Waals surface area contributed by atoms with Crippen molar-refractivity contribution in [3.05, 3.63) is 46.3 Å². The van der Waals surface area contributed by atoms with Gasteiger partial charge in [0, 0.05) is 9.75 Å². The molecule has 3 unspecified atom stereocenters. The van der Waals surface area contributed by atoms with Crippen LogP contribution in [0.2, 0.25) is 0 Å². The quantitative estimate of drug-likeness (QED) is 0.586. The summed E-state index contributed by atoms with van der Waals surface area (Å²) in [4.78, 5) is 39.8. The molecule has 2 saturated heterocycles. The van der Waals surface area contributed by atoms with Crippen molar-refractivity contribution in [2.75, 3.05) is 7.11 Å². The van der Waals surface area contributed by atoms with E-state index in [1.165, 1.54) is 7.11 Å². The molecule has 28 heavy (non-hydrogen) atoms. The Kier molecular flexibility index (Phi) is 4.03. The molecule has 0 radical (unpaired) electrons. The highest BCUT2D eigenvalue weighted by Crippen LogP contribution is 2.53. The largest absolute Gasteiger partial charge is 0.465 e. The van der Waals surface area contributed by atoms with Crippen molar-refractivity contribution < 1.29 is 23.9 Å². The molecule has 5 rings (SSSR count). The highest BCUT2D eigenvalue weighted by molar-refractivity contribution is 7.15. The van der Waals surface area contributed by atoms with E-state index in [2.05, 4.69) is 0 Å². The van der Waals surface area contributed by atoms with Crippen molar-refractivity contribution in [1.82, 2.24) is 0 Å². The third kappa shape index (κ3) is 2.44. The van der Waals surface area contributed by atoms with Crippen molar-refractivity contribution in [3.63, 3.8) is 0 Å². The van der Waals surface area contributed by atoms with Gasteiger partial charge in [0.1, 0.15) is 5.92 Å². The van der Waals surface area contributed by atoms with E-state index in [1.807, 2.05) is 25.1 Å². The molecule has 144 valence electrons. The van der Waals surface area contributed by atoms with Crippen LogP contribution in [0.4, 0.5) is 0 Å². The van der Waals surface area contributed by atoms with Crippen molar-refractivity contribution in [3.8, 4) is 10.4 Å². The lowest BCUT2D eigenvalue weighted by Crippen LogP contribution is -2.29. The zero-order valence-corrected chi connectivity index (χ0v) is 16.5. The molecule has 1 saturated carbocycles. The number of esters is 1. The Hall–Kier alpha value is -2.31. The van der Waals surface area contributed by atoms with E-state index in [0.29, 0.717) is 5.56 Å². The van der Waals surface area contributed by atoms with Gasteiger partial charge in [-0.05, 0) is 49.1 Å². The second kappa shape index (κ2) is 6.36. The Morgan fingerprint density at radius 1 is 1.07 bits per heavy atom. The summed E-state index contributed by atoms with van der Waals surface area (Å²) in [6, 6.07) is 9.14. The van der Waals surface area contributed by atoms with Gasteiger partial charge in [-0.15, -0.1) is 11.3 Å². The number of methoxy groups -OCH3 is 1. The lowest BCUT2D eigenvalue weighted by molar-refractivity contribution is -0.127. The predicted molar refractivity (Wildman–Crippen MR) is 103 cm³/mol. The summed E-state index contributed by atoms with van der Waals surface area (Å²) in [5.41, 5.74) is 2.28. The van der Waals surface area contributed by atoms with Crippen LogP contribution in [0.25, 0.3) is 10.4 Å². The smallest absolute Gasteiger partial charge is 0.337 e. The first kappa shape index (κ1) is 17.8. The number of rotatable bonds is 3. The van der Waals surface area contributed by atoms with E-state index in [4.69, 9.17) is 9.47 Å². The van der Waals surface area contributed by atoms with Gasteiger partial charge in [0.05, 0.1) is 36.7 Å². The van der Waals surface area contributed by atoms with Gasteiger partial charge in [-0.2, -0.15) is 0 Å². The summed E-state index contributed by atoms with van der Waals surface area (Å²) < 4.78 is 10.6. The van der Waals surface area contributed by atoms with Crippen LogP contribution < -0.4 is 0 Å². The molecule has 5 atom stereocenters. The lowest BCUT2D eigenvalue weighted by Gasteiger charge is -2.16. The van der Waals surface area contributed by atoms with E-state index in [-0.39, 0.29) is 41.6 Å². The van der Waals surface area contributed by atoms with E-state index < -0.39 is 5.92 Å². The molecule has 0 amide bonds. The van der Waals surface area contributed by atoms with E-state index >= 15 is 0 Å². The van der Waals surface area contributed by atoms with Crippen molar-refractivity contribution in [1.29, 1.82) is 0 Å². The maximum atomic E-state index is 13.1. The van der Waals surface area contributed by atoms with E-state index in [0.717, 1.165) is 33.7 Å². The Bertz CT molecular complexity index is 961. The van der Waals surface area contributed by atoms with Crippen LogP contribution in [0.3, 0.4) is 0 Å². The van der Waals surface area contributed by atoms with Gasteiger partial charge in [0.2, 0.25) is 0 Å². The number of Topliss-reactive ketones (excluding diaryl/α,β-unsaturated/α-hetero) is 2. The molecule has 0 spiro atoms. The molecule has 5 nitrogen and oxygen atoms in total. The minimum atomic E-state index is -0.652. The first-order valence-electron chi connectivity index (χ1n) is 9.51. The van der Waals surface area contributed by atoms with Crippen LogP contribution in [0, 0.1) is 18.8 Å². The minimum Gasteiger partial charge on any atom is -0.465 e. The molecule has 3 aliphatic rings. The van der Waals surface area contributed by atoms with Crippen molar-refractivity contribution in [2.24, 2.45) is 11.8 Å². The molecule has 3 heterocycles. The summed E-state index contributed by atoms with van der Waals surface area (Å²) in [6.45, 7) is 1.96. The number of ether oxygens (including phenoxy) is 2. The molecule has 1 aliphatic carbocycles. The lowest BCUT2D eigenvalue weighted by atomic mass is 9.81. The average molecular weight is 396 g/mol. The zero-order valence-electron chi connectivity index (χ0n) is 15.6. The third-order valence-corrected chi connectivity index (χ3v) is 7.47. The maximum Gasteiger partial charge on any atom is 0.337 e. The third-order valence-electron chi connectivity index (χ3n) is 6.36. The first-order chi connectivity index (χ1) is 13.5. The monoisotopic (exact) mass is 396 g/mol. The van der Waals surface area contributed by atoms with Crippen molar-refractivity contribution in [2.45, 2.75) is 37.9 Å². The number of hydrogen-bond acceptors (Lipinski definition) is 6. The molecule has 6 heteroatoms. The van der Waals surface area contributed by atoms with Gasteiger partial charge in [0.25, 0.3) is 0 Å². The van der Waals surface area contributed by atoms with Crippen LogP contribution in [0.5, 0.6) is 0 Å². The Balaban J connectivity index is 1.46. The van der Waals surface area contributed by atoms with Gasteiger partial charge in [-0.1, -0.05) is 12.1 Å². The Labute approximate surface area is 166 Å². The van der Waals surface area contributed by atoms with Crippen LogP contribution in [0.1, 0.15) is 39.6 Å². The van der Waals surface area contributed by atoms with Gasteiger partial charge in [-0.25, -0.2) is 4.79 Å². The second-order valence-corrected chi connectivity index (χ2v) is 9.03. The zero-order chi connectivity index (χ0) is 19.6. The summed E-state index contributed by atoms with van der Waals surface area (Å²) in [5, 5.41) is 0. The van der Waals surface area contributed by atoms with E-state index in [9.17, 15) is 14.4 Å². The number of carbonyl (C=O) groups is 3. The molecule has 1 aromatic heterocycles. The molecular formula is C22H20O5S. The normalized spacial score (nSPS) is 30.7. The second-order valence-electron chi connectivity index (χ2n) is 7.77. The predicted octanol–water partition coefficient (Wildman–Crippen LogP) is 3.54. The summed E-state index contributed by atoms with van der Waals surface area (Å²) in [7, 11) is 1.35. The fraction of sp³-hybridized carbons (Fsp3) is 0.409. The van der Waals surface area contributed by atoms with Gasteiger partial charge < -0.3 is 9.47 Å². The number of aryl methyl sites for hydroxylation is 1. The highest BCUT2D eigenvalue weighted by Gasteiger charge is 2.63. The molecular weight excluding hydrogens is 376 g/mol. The minimum absolute atomic E-state index is 0.0377. The summed E-state index contributed by atoms with van der Waals surface area (Å²) in [6.07, 6.45) is 1.64. The first-order valence-corrected chi connectivity index (χ1v) is 10.3. The number of thiophene rings is 1. The SMILES string of the molecule is COC(=O)c1ccc(-c2cc(C3C(=O)[C@@H]4C5CCC(O5)[C@@H]4C3=O)c(C)s2)cc1. The fourth-order valence-electron chi connectivity index (χ4n) is 5.05. The van der Waals surface area contributed by atoms with Crippen molar-refractivity contribution >= 4 is 28.9 Å². The number of fused-ring (bicyclic) bond motifs is 5. The molecule has 2 aliphatic heterocycles. The summed E-state index contributed by atoms with van der Waals surface area (Å²) >= 11 is 1.57. The topological polar surface area (TPSA) is 69.7 Å². The molecule has 0 N–H and O–H groups in total. The molecule has 2 aromatic rings. The standard InChI is InChI=1S/C22H20O5S/c1-10-13(9-16(28-10)11-3-5-12(6-4-11)22(25)26-2)17-20(23)18-14-7-8-15(27-14)19(18)21(17)24/h3-6,9,14-15,17-19H,7-8H2,1-2H3/t14?,15?,17?,18-,19+.